The Kier molecular flexibility index (Phi) is 5.66. The van der Waals surface area contributed by atoms with Crippen LogP contribution in [0.2, 0.25) is 0 Å². The minimum absolute atomic E-state index is 0.0492. The highest BCUT2D eigenvalue weighted by Crippen LogP contribution is 2.35. The van der Waals surface area contributed by atoms with Crippen molar-refractivity contribution in [2.45, 2.75) is 12.8 Å². The number of aromatic nitrogens is 2. The summed E-state index contributed by atoms with van der Waals surface area (Å²) in [7, 11) is 1.48. The fourth-order valence-electron chi connectivity index (χ4n) is 3.27. The Bertz CT molecular complexity index is 1200. The van der Waals surface area contributed by atoms with Gasteiger partial charge in [-0.2, -0.15) is 13.2 Å². The average molecular weight is 424 g/mol. The summed E-state index contributed by atoms with van der Waals surface area (Å²) in [5.74, 6) is 1.43. The molecule has 4 aromatic rings. The molecule has 1 N–H and O–H groups in total. The first-order chi connectivity index (χ1) is 15.0. The zero-order valence-electron chi connectivity index (χ0n) is 16.6. The number of imidazole rings is 1. The molecule has 0 spiro atoms. The van der Waals surface area contributed by atoms with Crippen molar-refractivity contribution in [2.24, 2.45) is 0 Å². The van der Waals surface area contributed by atoms with E-state index in [2.05, 4.69) is 9.97 Å². The molecule has 0 aliphatic carbocycles. The molecule has 0 aliphatic rings. The maximum Gasteiger partial charge on any atom is 0.416 e. The number of para-hydroxylation sites is 3. The van der Waals surface area contributed by atoms with E-state index in [1.165, 1.54) is 19.2 Å². The largest absolute Gasteiger partial charge is 0.493 e. The molecular formula is C24H19F3N2O2. The summed E-state index contributed by atoms with van der Waals surface area (Å²) in [6.45, 7) is -0.248. The minimum Gasteiger partial charge on any atom is -0.493 e. The predicted octanol–water partition coefficient (Wildman–Crippen LogP) is 6.34. The van der Waals surface area contributed by atoms with Crippen molar-refractivity contribution in [1.82, 2.24) is 9.97 Å². The van der Waals surface area contributed by atoms with Gasteiger partial charge >= 0.3 is 6.18 Å². The predicted molar refractivity (Wildman–Crippen MR) is 114 cm³/mol. The number of methoxy groups -OCH3 is 1. The number of rotatable bonds is 6. The van der Waals surface area contributed by atoms with Crippen LogP contribution < -0.4 is 9.47 Å². The molecule has 0 unspecified atom stereocenters. The van der Waals surface area contributed by atoms with Crippen molar-refractivity contribution in [3.63, 3.8) is 0 Å². The van der Waals surface area contributed by atoms with Gasteiger partial charge in [-0.05, 0) is 36.4 Å². The molecule has 0 saturated carbocycles. The Morgan fingerprint density at radius 2 is 1.71 bits per heavy atom. The van der Waals surface area contributed by atoms with Gasteiger partial charge in [0.15, 0.2) is 11.5 Å². The lowest BCUT2D eigenvalue weighted by Gasteiger charge is -2.16. The highest BCUT2D eigenvalue weighted by molar-refractivity contribution is 5.79. The molecule has 0 fully saturated rings. The number of alkyl halides is 3. The van der Waals surface area contributed by atoms with Crippen molar-refractivity contribution in [3.8, 4) is 11.5 Å². The number of hydrogen-bond acceptors (Lipinski definition) is 3. The molecule has 0 atom stereocenters. The summed E-state index contributed by atoms with van der Waals surface area (Å²) in [6.07, 6.45) is -0.888. The lowest BCUT2D eigenvalue weighted by Crippen LogP contribution is -2.11. The Balaban J connectivity index is 1.62. The molecule has 0 amide bonds. The number of benzene rings is 3. The van der Waals surface area contributed by atoms with E-state index >= 15 is 0 Å². The second-order valence-electron chi connectivity index (χ2n) is 6.79. The lowest BCUT2D eigenvalue weighted by atomic mass is 10.1. The maximum atomic E-state index is 13.3. The van der Waals surface area contributed by atoms with Gasteiger partial charge in [-0.15, -0.1) is 0 Å². The van der Waals surface area contributed by atoms with Crippen LogP contribution in [-0.4, -0.2) is 17.1 Å². The van der Waals surface area contributed by atoms with Crippen LogP contribution in [0.25, 0.3) is 23.2 Å². The second kappa shape index (κ2) is 8.55. The lowest BCUT2D eigenvalue weighted by molar-refractivity contribution is -0.138. The van der Waals surface area contributed by atoms with Gasteiger partial charge in [-0.3, -0.25) is 0 Å². The van der Waals surface area contributed by atoms with Crippen LogP contribution in [0.15, 0.2) is 66.7 Å². The highest BCUT2D eigenvalue weighted by atomic mass is 19.4. The Labute approximate surface area is 177 Å². The molecule has 7 heteroatoms. The first-order valence-electron chi connectivity index (χ1n) is 9.53. The maximum absolute atomic E-state index is 13.3. The molecule has 0 bridgehead atoms. The van der Waals surface area contributed by atoms with Crippen molar-refractivity contribution in [3.05, 3.63) is 89.2 Å². The zero-order chi connectivity index (χ0) is 21.8. The summed E-state index contributed by atoms with van der Waals surface area (Å²) in [5, 5.41) is 0. The van der Waals surface area contributed by atoms with E-state index in [4.69, 9.17) is 9.47 Å². The minimum atomic E-state index is -4.45. The van der Waals surface area contributed by atoms with E-state index in [1.807, 2.05) is 24.3 Å². The van der Waals surface area contributed by atoms with Crippen molar-refractivity contribution >= 4 is 23.2 Å². The number of hydrogen-bond donors (Lipinski definition) is 1. The van der Waals surface area contributed by atoms with Gasteiger partial charge in [-0.1, -0.05) is 42.5 Å². The first kappa shape index (κ1) is 20.5. The fraction of sp³-hybridized carbons (Fsp3) is 0.125. The molecule has 0 saturated heterocycles. The number of H-pyrrole nitrogens is 1. The Morgan fingerprint density at radius 1 is 0.935 bits per heavy atom. The quantitative estimate of drug-likeness (QED) is 0.393. The van der Waals surface area contributed by atoms with Gasteiger partial charge in [0.25, 0.3) is 0 Å². The molecule has 31 heavy (non-hydrogen) atoms. The number of nitrogens with zero attached hydrogens (tertiary/aromatic N) is 1. The van der Waals surface area contributed by atoms with Gasteiger partial charge in [0, 0.05) is 11.1 Å². The third-order valence-corrected chi connectivity index (χ3v) is 4.75. The fourth-order valence-corrected chi connectivity index (χ4v) is 3.27. The van der Waals surface area contributed by atoms with Gasteiger partial charge in [0.1, 0.15) is 12.4 Å². The average Bonchev–Trinajstić information content (AvgIpc) is 3.19. The Morgan fingerprint density at radius 3 is 2.48 bits per heavy atom. The van der Waals surface area contributed by atoms with E-state index in [0.29, 0.717) is 22.9 Å². The van der Waals surface area contributed by atoms with Crippen molar-refractivity contribution in [2.75, 3.05) is 7.11 Å². The number of nitrogens with one attached hydrogen (secondary N) is 1. The molecule has 1 aromatic heterocycles. The number of halogens is 3. The smallest absolute Gasteiger partial charge is 0.416 e. The summed E-state index contributed by atoms with van der Waals surface area (Å²) < 4.78 is 51.1. The normalized spacial score (nSPS) is 11.9. The van der Waals surface area contributed by atoms with Gasteiger partial charge in [-0.25, -0.2) is 4.98 Å². The van der Waals surface area contributed by atoms with Crippen LogP contribution in [0, 0.1) is 0 Å². The van der Waals surface area contributed by atoms with E-state index in [9.17, 15) is 13.2 Å². The molecule has 3 aromatic carbocycles. The standard InChI is InChI=1S/C24H19F3N2O2/c1-30-21-12-6-8-16(13-14-22-28-19-10-4-5-11-20(19)29-22)23(21)31-15-17-7-2-3-9-18(17)24(25,26)27/h2-14H,15H2,1H3,(H,28,29)/b14-13+. The van der Waals surface area contributed by atoms with Gasteiger partial charge in [0.2, 0.25) is 0 Å². The first-order valence-corrected chi connectivity index (χ1v) is 9.53. The number of aromatic amines is 1. The van der Waals surface area contributed by atoms with E-state index in [0.717, 1.165) is 17.1 Å². The topological polar surface area (TPSA) is 47.1 Å². The van der Waals surface area contributed by atoms with E-state index < -0.39 is 11.7 Å². The number of ether oxygens (including phenoxy) is 2. The summed E-state index contributed by atoms with van der Waals surface area (Å²) >= 11 is 0. The van der Waals surface area contributed by atoms with E-state index in [1.54, 1.807) is 36.4 Å². The van der Waals surface area contributed by atoms with Gasteiger partial charge < -0.3 is 14.5 Å². The van der Waals surface area contributed by atoms with Crippen LogP contribution in [0.5, 0.6) is 11.5 Å². The third-order valence-electron chi connectivity index (χ3n) is 4.75. The zero-order valence-corrected chi connectivity index (χ0v) is 16.6. The molecular weight excluding hydrogens is 405 g/mol. The van der Waals surface area contributed by atoms with Crippen LogP contribution in [0.3, 0.4) is 0 Å². The second-order valence-corrected chi connectivity index (χ2v) is 6.79. The number of fused-ring (bicyclic) bond motifs is 1. The summed E-state index contributed by atoms with van der Waals surface area (Å²) in [6, 6.07) is 18.3. The van der Waals surface area contributed by atoms with Crippen LogP contribution in [0.4, 0.5) is 13.2 Å². The molecule has 4 rings (SSSR count). The van der Waals surface area contributed by atoms with Crippen molar-refractivity contribution in [1.29, 1.82) is 0 Å². The SMILES string of the molecule is COc1cccc(/C=C/c2nc3ccccc3[nH]2)c1OCc1ccccc1C(F)(F)F. The molecule has 4 nitrogen and oxygen atoms in total. The molecule has 1 heterocycles. The Hall–Kier alpha value is -3.74. The molecule has 0 radical (unpaired) electrons. The van der Waals surface area contributed by atoms with Gasteiger partial charge in [0.05, 0.1) is 23.7 Å². The van der Waals surface area contributed by atoms with Crippen molar-refractivity contribution < 1.29 is 22.6 Å². The monoisotopic (exact) mass is 424 g/mol. The van der Waals surface area contributed by atoms with Crippen LogP contribution in [0.1, 0.15) is 22.5 Å². The molecule has 0 aliphatic heterocycles. The summed E-state index contributed by atoms with van der Waals surface area (Å²) in [4.78, 5) is 7.69. The molecule has 158 valence electrons. The van der Waals surface area contributed by atoms with Crippen LogP contribution >= 0.6 is 0 Å². The van der Waals surface area contributed by atoms with E-state index in [-0.39, 0.29) is 12.2 Å². The summed E-state index contributed by atoms with van der Waals surface area (Å²) in [5.41, 5.74) is 1.74. The van der Waals surface area contributed by atoms with Crippen LogP contribution in [-0.2, 0) is 12.8 Å². The highest BCUT2D eigenvalue weighted by Gasteiger charge is 2.33. The third kappa shape index (κ3) is 4.55.